The number of alkyl halides is 1. The monoisotopic (exact) mass is 274 g/mol. The largest absolute Gasteiger partial charge is 0.497 e. The van der Waals surface area contributed by atoms with Gasteiger partial charge in [0.05, 0.1) is 12.5 Å². The Hall–Kier alpha value is -0.440. The second-order valence-electron chi connectivity index (χ2n) is 4.24. The molecule has 94 valence electrons. The van der Waals surface area contributed by atoms with E-state index in [0.29, 0.717) is 10.9 Å². The van der Waals surface area contributed by atoms with Crippen LogP contribution in [0.4, 0.5) is 0 Å². The molecule has 1 aliphatic heterocycles. The number of methoxy groups -OCH3 is 1. The summed E-state index contributed by atoms with van der Waals surface area (Å²) in [5, 5.41) is 0.633. The molecule has 4 heteroatoms. The van der Waals surface area contributed by atoms with Gasteiger partial charge >= 0.3 is 0 Å². The van der Waals surface area contributed by atoms with E-state index in [1.165, 1.54) is 0 Å². The molecule has 0 radical (unpaired) electrons. The van der Waals surface area contributed by atoms with Crippen LogP contribution < -0.4 is 4.74 Å². The maximum absolute atomic E-state index is 6.51. The molecule has 0 bridgehead atoms. The van der Waals surface area contributed by atoms with Crippen molar-refractivity contribution in [2.45, 2.75) is 18.2 Å². The van der Waals surface area contributed by atoms with Gasteiger partial charge in [-0.3, -0.25) is 0 Å². The van der Waals surface area contributed by atoms with Crippen LogP contribution in [-0.4, -0.2) is 20.3 Å². The molecule has 1 unspecified atom stereocenters. The van der Waals surface area contributed by atoms with Gasteiger partial charge in [0.1, 0.15) is 5.75 Å². The predicted molar refractivity (Wildman–Crippen MR) is 70.1 cm³/mol. The summed E-state index contributed by atoms with van der Waals surface area (Å²) in [5.74, 6) is 1.20. The molecular weight excluding hydrogens is 259 g/mol. The van der Waals surface area contributed by atoms with Gasteiger partial charge in [-0.1, -0.05) is 17.7 Å². The zero-order valence-electron chi connectivity index (χ0n) is 9.79. The first kappa shape index (κ1) is 13.0. The Morgan fingerprint density at radius 1 is 1.35 bits per heavy atom. The summed E-state index contributed by atoms with van der Waals surface area (Å²) in [4.78, 5) is 0. The van der Waals surface area contributed by atoms with Gasteiger partial charge in [-0.05, 0) is 36.5 Å². The molecule has 1 heterocycles. The van der Waals surface area contributed by atoms with Crippen LogP contribution in [0.25, 0.3) is 0 Å². The Bertz CT molecular complexity index is 376. The highest BCUT2D eigenvalue weighted by Gasteiger charge is 2.25. The standard InChI is InChI=1S/C13H16Cl2O2/c1-16-10-2-3-11(12(14)8-10)13(15)9-4-6-17-7-5-9/h2-3,8-9,13H,4-7H2,1H3. The number of hydrogen-bond donors (Lipinski definition) is 0. The predicted octanol–water partition coefficient (Wildman–Crippen LogP) is 4.06. The molecule has 1 aromatic carbocycles. The Kier molecular flexibility index (Phi) is 4.55. The number of halogens is 2. The molecule has 2 nitrogen and oxygen atoms in total. The van der Waals surface area contributed by atoms with Crippen LogP contribution in [0.15, 0.2) is 18.2 Å². The maximum Gasteiger partial charge on any atom is 0.120 e. The van der Waals surface area contributed by atoms with Crippen LogP contribution >= 0.6 is 23.2 Å². The van der Waals surface area contributed by atoms with Crippen molar-refractivity contribution < 1.29 is 9.47 Å². The van der Waals surface area contributed by atoms with Crippen molar-refractivity contribution >= 4 is 23.2 Å². The first-order valence-corrected chi connectivity index (χ1v) is 6.59. The van der Waals surface area contributed by atoms with Crippen molar-refractivity contribution in [2.24, 2.45) is 5.92 Å². The summed E-state index contributed by atoms with van der Waals surface area (Å²) in [6, 6.07) is 5.66. The fraction of sp³-hybridized carbons (Fsp3) is 0.538. The van der Waals surface area contributed by atoms with Crippen LogP contribution in [0.3, 0.4) is 0 Å². The molecule has 0 amide bonds. The van der Waals surface area contributed by atoms with E-state index >= 15 is 0 Å². The smallest absolute Gasteiger partial charge is 0.120 e. The van der Waals surface area contributed by atoms with Gasteiger partial charge in [0.2, 0.25) is 0 Å². The zero-order valence-corrected chi connectivity index (χ0v) is 11.3. The minimum atomic E-state index is -0.0442. The van der Waals surface area contributed by atoms with Crippen LogP contribution in [0.1, 0.15) is 23.8 Å². The van der Waals surface area contributed by atoms with Crippen LogP contribution in [-0.2, 0) is 4.74 Å². The summed E-state index contributed by atoms with van der Waals surface area (Å²) in [6.07, 6.45) is 1.99. The Balaban J connectivity index is 2.15. The number of ether oxygens (including phenoxy) is 2. The van der Waals surface area contributed by atoms with Crippen molar-refractivity contribution in [3.05, 3.63) is 28.8 Å². The molecule has 2 rings (SSSR count). The SMILES string of the molecule is COc1ccc(C(Cl)C2CCOCC2)c(Cl)c1. The summed E-state index contributed by atoms with van der Waals surface area (Å²) in [7, 11) is 1.63. The summed E-state index contributed by atoms with van der Waals surface area (Å²) in [6.45, 7) is 1.59. The summed E-state index contributed by atoms with van der Waals surface area (Å²) < 4.78 is 10.5. The van der Waals surface area contributed by atoms with Gasteiger partial charge in [0.25, 0.3) is 0 Å². The molecule has 0 spiro atoms. The van der Waals surface area contributed by atoms with Crippen molar-refractivity contribution in [1.29, 1.82) is 0 Å². The van der Waals surface area contributed by atoms with Crippen molar-refractivity contribution in [2.75, 3.05) is 20.3 Å². The second kappa shape index (κ2) is 5.94. The highest BCUT2D eigenvalue weighted by Crippen LogP contribution is 2.39. The van der Waals surface area contributed by atoms with Gasteiger partial charge in [-0.2, -0.15) is 0 Å². The topological polar surface area (TPSA) is 18.5 Å². The molecule has 0 aliphatic carbocycles. The summed E-state index contributed by atoms with van der Waals surface area (Å²) in [5.41, 5.74) is 0.987. The van der Waals surface area contributed by atoms with E-state index in [1.54, 1.807) is 7.11 Å². The van der Waals surface area contributed by atoms with Gasteiger partial charge < -0.3 is 9.47 Å². The highest BCUT2D eigenvalue weighted by atomic mass is 35.5. The molecule has 1 atom stereocenters. The minimum Gasteiger partial charge on any atom is -0.497 e. The van der Waals surface area contributed by atoms with E-state index in [4.69, 9.17) is 32.7 Å². The molecule has 1 aromatic rings. The maximum atomic E-state index is 6.51. The van der Waals surface area contributed by atoms with Gasteiger partial charge in [-0.25, -0.2) is 0 Å². The fourth-order valence-corrected chi connectivity index (χ4v) is 2.91. The van der Waals surface area contributed by atoms with Gasteiger partial charge in [0.15, 0.2) is 0 Å². The van der Waals surface area contributed by atoms with Crippen LogP contribution in [0.5, 0.6) is 5.75 Å². The highest BCUT2D eigenvalue weighted by molar-refractivity contribution is 6.33. The van der Waals surface area contributed by atoms with Crippen molar-refractivity contribution in [3.8, 4) is 5.75 Å². The second-order valence-corrected chi connectivity index (χ2v) is 5.12. The minimum absolute atomic E-state index is 0.0442. The average Bonchev–Trinajstić information content (AvgIpc) is 2.39. The van der Waals surface area contributed by atoms with E-state index in [0.717, 1.165) is 37.4 Å². The number of hydrogen-bond acceptors (Lipinski definition) is 2. The number of benzene rings is 1. The van der Waals surface area contributed by atoms with Crippen LogP contribution in [0.2, 0.25) is 5.02 Å². The lowest BCUT2D eigenvalue weighted by Gasteiger charge is -2.27. The summed E-state index contributed by atoms with van der Waals surface area (Å²) >= 11 is 12.7. The first-order chi connectivity index (χ1) is 8.22. The van der Waals surface area contributed by atoms with E-state index in [1.807, 2.05) is 18.2 Å². The van der Waals surface area contributed by atoms with E-state index < -0.39 is 0 Å². The van der Waals surface area contributed by atoms with Gasteiger partial charge in [-0.15, -0.1) is 11.6 Å². The zero-order chi connectivity index (χ0) is 12.3. The quantitative estimate of drug-likeness (QED) is 0.774. The Morgan fingerprint density at radius 3 is 2.65 bits per heavy atom. The molecule has 1 saturated heterocycles. The fourth-order valence-electron chi connectivity index (χ4n) is 2.12. The molecule has 0 aromatic heterocycles. The Labute approximate surface area is 112 Å². The van der Waals surface area contributed by atoms with Gasteiger partial charge in [0, 0.05) is 18.2 Å². The molecule has 0 N–H and O–H groups in total. The lowest BCUT2D eigenvalue weighted by atomic mass is 9.92. The average molecular weight is 275 g/mol. The third-order valence-electron chi connectivity index (χ3n) is 3.18. The lowest BCUT2D eigenvalue weighted by Crippen LogP contribution is -2.19. The molecule has 17 heavy (non-hydrogen) atoms. The molecule has 1 fully saturated rings. The van der Waals surface area contributed by atoms with E-state index in [-0.39, 0.29) is 5.38 Å². The molecule has 0 saturated carbocycles. The van der Waals surface area contributed by atoms with E-state index in [9.17, 15) is 0 Å². The van der Waals surface area contributed by atoms with E-state index in [2.05, 4.69) is 0 Å². The lowest BCUT2D eigenvalue weighted by molar-refractivity contribution is 0.0651. The molecular formula is C13H16Cl2O2. The number of rotatable bonds is 3. The van der Waals surface area contributed by atoms with Crippen LogP contribution in [0, 0.1) is 5.92 Å². The van der Waals surface area contributed by atoms with Crippen molar-refractivity contribution in [1.82, 2.24) is 0 Å². The Morgan fingerprint density at radius 2 is 2.06 bits per heavy atom. The van der Waals surface area contributed by atoms with Crippen molar-refractivity contribution in [3.63, 3.8) is 0 Å². The molecule has 1 aliphatic rings. The third kappa shape index (κ3) is 3.06. The third-order valence-corrected chi connectivity index (χ3v) is 4.10. The normalized spacial score (nSPS) is 19.0. The first-order valence-electron chi connectivity index (χ1n) is 5.77.